The third-order valence-corrected chi connectivity index (χ3v) is 7.92. The molecule has 198 valence electrons. The van der Waals surface area contributed by atoms with Crippen molar-refractivity contribution in [1.29, 1.82) is 0 Å². The van der Waals surface area contributed by atoms with Gasteiger partial charge in [0.15, 0.2) is 4.80 Å². The van der Waals surface area contributed by atoms with Crippen molar-refractivity contribution in [3.63, 3.8) is 0 Å². The molecule has 0 spiro atoms. The molecule has 5 aromatic rings. The van der Waals surface area contributed by atoms with Crippen molar-refractivity contribution in [2.75, 3.05) is 5.32 Å². The highest BCUT2D eigenvalue weighted by Gasteiger charge is 2.32. The van der Waals surface area contributed by atoms with Gasteiger partial charge in [0.2, 0.25) is 0 Å². The van der Waals surface area contributed by atoms with E-state index in [1.54, 1.807) is 16.7 Å². The molecule has 0 bridgehead atoms. The Bertz CT molecular complexity index is 1950. The van der Waals surface area contributed by atoms with Gasteiger partial charge in [0.25, 0.3) is 11.5 Å². The first-order valence-corrected chi connectivity index (χ1v) is 13.9. The van der Waals surface area contributed by atoms with Crippen LogP contribution in [0.1, 0.15) is 29.9 Å². The van der Waals surface area contributed by atoms with Crippen LogP contribution in [0.2, 0.25) is 5.02 Å². The number of rotatable bonds is 5. The van der Waals surface area contributed by atoms with Gasteiger partial charge in [-0.2, -0.15) is 0 Å². The number of nitrogens with zero attached hydrogens (tertiary/aromatic N) is 2. The third kappa shape index (κ3) is 4.97. The normalized spacial score (nSPS) is 15.1. The number of benzene rings is 3. The second kappa shape index (κ2) is 10.6. The minimum absolute atomic E-state index is 0.243. The van der Waals surface area contributed by atoms with E-state index < -0.39 is 6.04 Å². The number of para-hydroxylation sites is 1. The van der Waals surface area contributed by atoms with Crippen molar-refractivity contribution in [2.45, 2.75) is 19.9 Å². The van der Waals surface area contributed by atoms with Gasteiger partial charge in [-0.25, -0.2) is 4.99 Å². The number of carbonyl (C=O) groups is 1. The molecule has 3 heterocycles. The molecule has 0 radical (unpaired) electrons. The maximum absolute atomic E-state index is 13.9. The number of thiazole rings is 1. The first kappa shape index (κ1) is 25.8. The number of furan rings is 1. The van der Waals surface area contributed by atoms with Crippen LogP contribution in [0, 0.1) is 6.92 Å². The SMILES string of the molecule is CC1=C(C(=O)Nc2ccccc2)C(c2ccc(C)cc2)n2c(s/c(=C\c3ccc(-c4cccc(Cl)c4)o3)c2=O)=N1. The maximum atomic E-state index is 13.9. The molecular formula is C32H24ClN3O3S. The lowest BCUT2D eigenvalue weighted by Crippen LogP contribution is -2.40. The van der Waals surface area contributed by atoms with Crippen molar-refractivity contribution in [3.05, 3.63) is 144 Å². The maximum Gasteiger partial charge on any atom is 0.271 e. The topological polar surface area (TPSA) is 76.6 Å². The van der Waals surface area contributed by atoms with Gasteiger partial charge in [-0.1, -0.05) is 83.1 Å². The summed E-state index contributed by atoms with van der Waals surface area (Å²) in [7, 11) is 0. The van der Waals surface area contributed by atoms with Crippen molar-refractivity contribution >= 4 is 40.6 Å². The van der Waals surface area contributed by atoms with Gasteiger partial charge < -0.3 is 9.73 Å². The molecule has 1 N–H and O–H groups in total. The molecule has 6 nitrogen and oxygen atoms in total. The van der Waals surface area contributed by atoms with E-state index in [-0.39, 0.29) is 11.5 Å². The summed E-state index contributed by atoms with van der Waals surface area (Å²) >= 11 is 7.41. The zero-order valence-corrected chi connectivity index (χ0v) is 23.3. The van der Waals surface area contributed by atoms with Gasteiger partial charge >= 0.3 is 0 Å². The molecule has 2 aromatic heterocycles. The van der Waals surface area contributed by atoms with E-state index in [0.717, 1.165) is 16.7 Å². The Morgan fingerprint density at radius 3 is 2.52 bits per heavy atom. The van der Waals surface area contributed by atoms with Gasteiger partial charge in [-0.05, 0) is 55.8 Å². The number of amides is 1. The van der Waals surface area contributed by atoms with E-state index in [0.29, 0.717) is 42.8 Å². The summed E-state index contributed by atoms with van der Waals surface area (Å²) in [4.78, 5) is 32.8. The molecule has 8 heteroatoms. The number of anilines is 1. The molecule has 1 amide bonds. The zero-order valence-electron chi connectivity index (χ0n) is 21.7. The average Bonchev–Trinajstić information content (AvgIpc) is 3.53. The van der Waals surface area contributed by atoms with Crippen LogP contribution in [0.4, 0.5) is 5.69 Å². The first-order chi connectivity index (χ1) is 19.4. The Hall–Kier alpha value is -4.46. The van der Waals surface area contributed by atoms with E-state index >= 15 is 0 Å². The minimum atomic E-state index is -0.638. The standard InChI is InChI=1S/C32H24ClN3O3S/c1-19-11-13-21(14-12-19)29-28(30(37)35-24-9-4-3-5-10-24)20(2)34-32-36(29)31(38)27(40-32)18-25-15-16-26(39-25)22-7-6-8-23(33)17-22/h3-18,29H,1-2H3,(H,35,37)/b27-18-. The Morgan fingerprint density at radius 1 is 1.00 bits per heavy atom. The van der Waals surface area contributed by atoms with Gasteiger partial charge in [0, 0.05) is 22.3 Å². The van der Waals surface area contributed by atoms with Crippen LogP contribution < -0.4 is 20.2 Å². The Kier molecular flexibility index (Phi) is 6.84. The molecule has 3 aromatic carbocycles. The third-order valence-electron chi connectivity index (χ3n) is 6.70. The average molecular weight is 566 g/mol. The van der Waals surface area contributed by atoms with Gasteiger partial charge in [0.05, 0.1) is 21.8 Å². The Balaban J connectivity index is 1.45. The minimum Gasteiger partial charge on any atom is -0.457 e. The first-order valence-electron chi connectivity index (χ1n) is 12.7. The van der Waals surface area contributed by atoms with Crippen LogP contribution in [0.25, 0.3) is 17.4 Å². The fraction of sp³-hybridized carbons (Fsp3) is 0.0938. The van der Waals surface area contributed by atoms with Crippen molar-refractivity contribution in [1.82, 2.24) is 4.57 Å². The quantitative estimate of drug-likeness (QED) is 0.280. The molecule has 1 aliphatic rings. The van der Waals surface area contributed by atoms with Crippen molar-refractivity contribution in [2.24, 2.45) is 4.99 Å². The largest absolute Gasteiger partial charge is 0.457 e. The van der Waals surface area contributed by atoms with Crippen molar-refractivity contribution in [3.8, 4) is 11.3 Å². The van der Waals surface area contributed by atoms with E-state index in [2.05, 4.69) is 5.32 Å². The number of aryl methyl sites for hydroxylation is 1. The molecule has 1 aliphatic heterocycles. The van der Waals surface area contributed by atoms with E-state index in [9.17, 15) is 9.59 Å². The highest BCUT2D eigenvalue weighted by molar-refractivity contribution is 7.07. The molecular weight excluding hydrogens is 542 g/mol. The number of carbonyl (C=O) groups excluding carboxylic acids is 1. The molecule has 6 rings (SSSR count). The number of hydrogen-bond donors (Lipinski definition) is 1. The van der Waals surface area contributed by atoms with Crippen LogP contribution in [0.3, 0.4) is 0 Å². The van der Waals surface area contributed by atoms with Crippen LogP contribution >= 0.6 is 22.9 Å². The smallest absolute Gasteiger partial charge is 0.271 e. The molecule has 0 fully saturated rings. The lowest BCUT2D eigenvalue weighted by Gasteiger charge is -2.25. The van der Waals surface area contributed by atoms with E-state index in [1.807, 2.05) is 98.8 Å². The summed E-state index contributed by atoms with van der Waals surface area (Å²) in [6, 6.07) is 27.5. The summed E-state index contributed by atoms with van der Waals surface area (Å²) in [6.45, 7) is 3.81. The lowest BCUT2D eigenvalue weighted by molar-refractivity contribution is -0.113. The monoisotopic (exact) mass is 565 g/mol. The Labute approximate surface area is 239 Å². The highest BCUT2D eigenvalue weighted by atomic mass is 35.5. The number of hydrogen-bond acceptors (Lipinski definition) is 5. The summed E-state index contributed by atoms with van der Waals surface area (Å²) in [5.41, 5.74) is 4.17. The second-order valence-corrected chi connectivity index (χ2v) is 11.0. The predicted octanol–water partition coefficient (Wildman–Crippen LogP) is 6.10. The van der Waals surface area contributed by atoms with Crippen molar-refractivity contribution < 1.29 is 9.21 Å². The summed E-state index contributed by atoms with van der Waals surface area (Å²) in [6.07, 6.45) is 1.72. The van der Waals surface area contributed by atoms with Crippen LogP contribution in [0.5, 0.6) is 0 Å². The zero-order chi connectivity index (χ0) is 27.8. The van der Waals surface area contributed by atoms with Gasteiger partial charge in [-0.15, -0.1) is 0 Å². The lowest BCUT2D eigenvalue weighted by atomic mass is 9.94. The van der Waals surface area contributed by atoms with Crippen LogP contribution in [0.15, 0.2) is 116 Å². The van der Waals surface area contributed by atoms with Gasteiger partial charge in [-0.3, -0.25) is 14.2 Å². The molecule has 0 saturated carbocycles. The highest BCUT2D eigenvalue weighted by Crippen LogP contribution is 2.31. The van der Waals surface area contributed by atoms with Crippen LogP contribution in [-0.2, 0) is 4.79 Å². The molecule has 1 unspecified atom stereocenters. The number of fused-ring (bicyclic) bond motifs is 1. The molecule has 0 saturated heterocycles. The Morgan fingerprint density at radius 2 is 1.77 bits per heavy atom. The summed E-state index contributed by atoms with van der Waals surface area (Å²) in [5, 5.41) is 3.58. The predicted molar refractivity (Wildman–Crippen MR) is 159 cm³/mol. The number of aromatic nitrogens is 1. The number of nitrogens with one attached hydrogen (secondary N) is 1. The van der Waals surface area contributed by atoms with Gasteiger partial charge in [0.1, 0.15) is 11.5 Å². The summed E-state index contributed by atoms with van der Waals surface area (Å²) in [5.74, 6) is 0.879. The van der Waals surface area contributed by atoms with E-state index in [1.165, 1.54) is 11.3 Å². The van der Waals surface area contributed by atoms with E-state index in [4.69, 9.17) is 21.0 Å². The number of halogens is 1. The second-order valence-electron chi connectivity index (χ2n) is 9.53. The fourth-order valence-electron chi connectivity index (χ4n) is 4.75. The van der Waals surface area contributed by atoms with Crippen LogP contribution in [-0.4, -0.2) is 10.5 Å². The fourth-order valence-corrected chi connectivity index (χ4v) is 5.97. The molecule has 0 aliphatic carbocycles. The summed E-state index contributed by atoms with van der Waals surface area (Å²) < 4.78 is 8.09. The number of allylic oxidation sites excluding steroid dienone is 1. The molecule has 40 heavy (non-hydrogen) atoms. The molecule has 1 atom stereocenters.